The lowest BCUT2D eigenvalue weighted by Crippen LogP contribution is -2.50. The van der Waals surface area contributed by atoms with Crippen molar-refractivity contribution in [3.05, 3.63) is 63.6 Å². The molecule has 2 aromatic rings. The third-order valence-corrected chi connectivity index (χ3v) is 5.52. The lowest BCUT2D eigenvalue weighted by Gasteiger charge is -2.29. The van der Waals surface area contributed by atoms with E-state index in [0.717, 1.165) is 27.6 Å². The molecular weight excluding hydrogens is 444 g/mol. The molecule has 6 heteroatoms. The number of aryl methyl sites for hydroxylation is 2. The van der Waals surface area contributed by atoms with Crippen LogP contribution in [0, 0.1) is 13.8 Å². The molecule has 0 unspecified atom stereocenters. The smallest absolute Gasteiger partial charge is 0.261 e. The second-order valence-corrected chi connectivity index (χ2v) is 8.67. The molecule has 2 aromatic carbocycles. The van der Waals surface area contributed by atoms with E-state index in [9.17, 15) is 9.59 Å². The summed E-state index contributed by atoms with van der Waals surface area (Å²) >= 11 is 3.43. The monoisotopic (exact) mass is 474 g/mol. The van der Waals surface area contributed by atoms with E-state index in [-0.39, 0.29) is 24.5 Å². The first-order valence-corrected chi connectivity index (χ1v) is 11.0. The average molecular weight is 475 g/mol. The Labute approximate surface area is 187 Å². The van der Waals surface area contributed by atoms with Gasteiger partial charge in [0.2, 0.25) is 5.91 Å². The van der Waals surface area contributed by atoms with Crippen molar-refractivity contribution in [3.8, 4) is 5.75 Å². The van der Waals surface area contributed by atoms with Crippen molar-refractivity contribution in [2.75, 3.05) is 6.61 Å². The van der Waals surface area contributed by atoms with Gasteiger partial charge in [0.15, 0.2) is 6.61 Å². The van der Waals surface area contributed by atoms with Crippen LogP contribution in [0.15, 0.2) is 46.9 Å². The van der Waals surface area contributed by atoms with Crippen molar-refractivity contribution in [1.82, 2.24) is 10.2 Å². The largest absolute Gasteiger partial charge is 0.484 e. The van der Waals surface area contributed by atoms with Crippen LogP contribution >= 0.6 is 15.9 Å². The molecule has 0 aliphatic rings. The third-order valence-electron chi connectivity index (χ3n) is 4.99. The number of rotatable bonds is 9. The summed E-state index contributed by atoms with van der Waals surface area (Å²) in [4.78, 5) is 27.4. The molecule has 0 heterocycles. The second kappa shape index (κ2) is 11.2. The van der Waals surface area contributed by atoms with Gasteiger partial charge in [-0.25, -0.2) is 0 Å². The quantitative estimate of drug-likeness (QED) is 0.568. The van der Waals surface area contributed by atoms with E-state index >= 15 is 0 Å². The van der Waals surface area contributed by atoms with Crippen molar-refractivity contribution in [1.29, 1.82) is 0 Å². The van der Waals surface area contributed by atoms with Gasteiger partial charge in [-0.2, -0.15) is 0 Å². The van der Waals surface area contributed by atoms with Crippen molar-refractivity contribution in [2.24, 2.45) is 0 Å². The Morgan fingerprint density at radius 1 is 1.07 bits per heavy atom. The predicted octanol–water partition coefficient (Wildman–Crippen LogP) is 4.78. The molecule has 0 aromatic heterocycles. The Morgan fingerprint density at radius 2 is 1.67 bits per heavy atom. The standard InChI is InChI=1S/C24H31BrN2O3/c1-6-18(4)26-24(29)19(5)27(14-20-7-9-21(25)10-8-20)23(28)15-30-22-12-16(2)11-17(3)13-22/h7-13,18-19H,6,14-15H2,1-5H3,(H,26,29)/t18-,19+/m0/s1. The Hall–Kier alpha value is -2.34. The van der Waals surface area contributed by atoms with Crippen molar-refractivity contribution in [3.63, 3.8) is 0 Å². The fourth-order valence-corrected chi connectivity index (χ4v) is 3.34. The molecule has 5 nitrogen and oxygen atoms in total. The Balaban J connectivity index is 2.16. The number of carbonyl (C=O) groups excluding carboxylic acids is 2. The molecule has 30 heavy (non-hydrogen) atoms. The van der Waals surface area contributed by atoms with Gasteiger partial charge in [0.25, 0.3) is 5.91 Å². The van der Waals surface area contributed by atoms with E-state index in [2.05, 4.69) is 27.3 Å². The van der Waals surface area contributed by atoms with E-state index < -0.39 is 6.04 Å². The molecular formula is C24H31BrN2O3. The normalized spacial score (nSPS) is 12.7. The number of benzene rings is 2. The van der Waals surface area contributed by atoms with Crippen LogP contribution in [-0.4, -0.2) is 35.4 Å². The van der Waals surface area contributed by atoms with Gasteiger partial charge in [0.05, 0.1) is 0 Å². The zero-order valence-electron chi connectivity index (χ0n) is 18.4. The van der Waals surface area contributed by atoms with Crippen LogP contribution in [-0.2, 0) is 16.1 Å². The Bertz CT molecular complexity index is 847. The number of nitrogens with one attached hydrogen (secondary N) is 1. The maximum absolute atomic E-state index is 13.1. The first-order valence-electron chi connectivity index (χ1n) is 10.2. The molecule has 0 spiro atoms. The maximum Gasteiger partial charge on any atom is 0.261 e. The zero-order valence-corrected chi connectivity index (χ0v) is 20.0. The Morgan fingerprint density at radius 3 is 2.23 bits per heavy atom. The van der Waals surface area contributed by atoms with Crippen LogP contribution in [0.5, 0.6) is 5.75 Å². The molecule has 2 atom stereocenters. The number of ether oxygens (including phenoxy) is 1. The van der Waals surface area contributed by atoms with Gasteiger partial charge in [-0.15, -0.1) is 0 Å². The number of nitrogens with zero attached hydrogens (tertiary/aromatic N) is 1. The van der Waals surface area contributed by atoms with Crippen molar-refractivity contribution in [2.45, 2.75) is 59.7 Å². The first-order chi connectivity index (χ1) is 14.2. The molecule has 0 saturated heterocycles. The number of hydrogen-bond donors (Lipinski definition) is 1. The maximum atomic E-state index is 13.1. The summed E-state index contributed by atoms with van der Waals surface area (Å²) in [5.41, 5.74) is 3.09. The van der Waals surface area contributed by atoms with E-state index in [0.29, 0.717) is 12.3 Å². The van der Waals surface area contributed by atoms with Crippen LogP contribution in [0.3, 0.4) is 0 Å². The van der Waals surface area contributed by atoms with E-state index in [1.165, 1.54) is 0 Å². The minimum atomic E-state index is -0.613. The summed E-state index contributed by atoms with van der Waals surface area (Å²) in [6, 6.07) is 13.0. The summed E-state index contributed by atoms with van der Waals surface area (Å²) in [5, 5.41) is 2.97. The van der Waals surface area contributed by atoms with Crippen LogP contribution in [0.25, 0.3) is 0 Å². The topological polar surface area (TPSA) is 58.6 Å². The summed E-state index contributed by atoms with van der Waals surface area (Å²) in [5.74, 6) is 0.256. The highest BCUT2D eigenvalue weighted by Crippen LogP contribution is 2.18. The molecule has 2 rings (SSSR count). The summed E-state index contributed by atoms with van der Waals surface area (Å²) in [7, 11) is 0. The van der Waals surface area contributed by atoms with Gasteiger partial charge >= 0.3 is 0 Å². The van der Waals surface area contributed by atoms with Gasteiger partial charge < -0.3 is 15.0 Å². The van der Waals surface area contributed by atoms with Crippen LogP contribution < -0.4 is 10.1 Å². The van der Waals surface area contributed by atoms with Crippen molar-refractivity contribution >= 4 is 27.7 Å². The molecule has 0 aliphatic heterocycles. The molecule has 0 radical (unpaired) electrons. The molecule has 162 valence electrons. The third kappa shape index (κ3) is 7.17. The van der Waals surface area contributed by atoms with Crippen molar-refractivity contribution < 1.29 is 14.3 Å². The van der Waals surface area contributed by atoms with Gasteiger partial charge in [-0.1, -0.05) is 41.1 Å². The molecule has 0 saturated carbocycles. The second-order valence-electron chi connectivity index (χ2n) is 7.75. The van der Waals surface area contributed by atoms with Crippen LogP contribution in [0.4, 0.5) is 0 Å². The van der Waals surface area contributed by atoms with Crippen LogP contribution in [0.1, 0.15) is 43.9 Å². The first kappa shape index (κ1) is 23.9. The highest BCUT2D eigenvalue weighted by molar-refractivity contribution is 9.10. The summed E-state index contributed by atoms with van der Waals surface area (Å²) in [6.07, 6.45) is 0.828. The van der Waals surface area contributed by atoms with Gasteiger partial charge in [0, 0.05) is 17.1 Å². The number of amides is 2. The fourth-order valence-electron chi connectivity index (χ4n) is 3.08. The highest BCUT2D eigenvalue weighted by atomic mass is 79.9. The molecule has 1 N–H and O–H groups in total. The summed E-state index contributed by atoms with van der Waals surface area (Å²) < 4.78 is 6.73. The summed E-state index contributed by atoms with van der Waals surface area (Å²) in [6.45, 7) is 9.90. The Kier molecular flexibility index (Phi) is 8.90. The number of halogens is 1. The molecule has 0 bridgehead atoms. The van der Waals surface area contributed by atoms with Crippen LogP contribution in [0.2, 0.25) is 0 Å². The lowest BCUT2D eigenvalue weighted by atomic mass is 10.1. The predicted molar refractivity (Wildman–Crippen MR) is 123 cm³/mol. The van der Waals surface area contributed by atoms with E-state index in [4.69, 9.17) is 4.74 Å². The van der Waals surface area contributed by atoms with Gasteiger partial charge in [0.1, 0.15) is 11.8 Å². The minimum Gasteiger partial charge on any atom is -0.484 e. The van der Waals surface area contributed by atoms with E-state index in [1.807, 2.05) is 64.1 Å². The van der Waals surface area contributed by atoms with Gasteiger partial charge in [-0.3, -0.25) is 9.59 Å². The lowest BCUT2D eigenvalue weighted by molar-refractivity contribution is -0.142. The number of carbonyl (C=O) groups is 2. The number of hydrogen-bond acceptors (Lipinski definition) is 3. The SMILES string of the molecule is CC[C@H](C)NC(=O)[C@@H](C)N(Cc1ccc(Br)cc1)C(=O)COc1cc(C)cc(C)c1. The molecule has 0 aliphatic carbocycles. The highest BCUT2D eigenvalue weighted by Gasteiger charge is 2.27. The average Bonchev–Trinajstić information content (AvgIpc) is 2.70. The van der Waals surface area contributed by atoms with E-state index in [1.54, 1.807) is 11.8 Å². The molecule has 0 fully saturated rings. The minimum absolute atomic E-state index is 0.0519. The zero-order chi connectivity index (χ0) is 22.3. The van der Waals surface area contributed by atoms with Gasteiger partial charge in [-0.05, 0) is 75.1 Å². The molecule has 2 amide bonds. The fraction of sp³-hybridized carbons (Fsp3) is 0.417.